The molecule has 0 amide bonds. The van der Waals surface area contributed by atoms with Crippen LogP contribution < -0.4 is 4.74 Å². The van der Waals surface area contributed by atoms with Gasteiger partial charge in [-0.25, -0.2) is 0 Å². The molecule has 0 heterocycles. The van der Waals surface area contributed by atoms with Gasteiger partial charge in [0.05, 0.1) is 12.0 Å². The van der Waals surface area contributed by atoms with Gasteiger partial charge in [-0.15, -0.1) is 0 Å². The Morgan fingerprint density at radius 2 is 2.24 bits per heavy atom. The highest BCUT2D eigenvalue weighted by Gasteiger charge is 2.34. The summed E-state index contributed by atoms with van der Waals surface area (Å²) in [6.45, 7) is 2.07. The van der Waals surface area contributed by atoms with Gasteiger partial charge in [0.25, 0.3) is 0 Å². The predicted molar refractivity (Wildman–Crippen MR) is 67.9 cm³/mol. The largest absolute Gasteiger partial charge is 0.426 e. The first-order chi connectivity index (χ1) is 8.10. The number of aliphatic hydroxyl groups excluding tert-OH is 1. The van der Waals surface area contributed by atoms with Crippen LogP contribution in [0.15, 0.2) is 22.7 Å². The number of hydrogen-bond donors (Lipinski definition) is 1. The van der Waals surface area contributed by atoms with Crippen molar-refractivity contribution in [3.05, 3.63) is 28.2 Å². The molecule has 0 radical (unpaired) electrons. The fourth-order valence-electron chi connectivity index (χ4n) is 1.86. The number of carbonyl (C=O) groups excluding carboxylic acids is 1. The van der Waals surface area contributed by atoms with Crippen LogP contribution in [0.2, 0.25) is 0 Å². The summed E-state index contributed by atoms with van der Waals surface area (Å²) in [4.78, 5) is 11.7. The van der Waals surface area contributed by atoms with Crippen LogP contribution >= 0.6 is 15.9 Å². The van der Waals surface area contributed by atoms with Crippen LogP contribution in [-0.4, -0.2) is 17.2 Å². The second-order valence-corrected chi connectivity index (χ2v) is 5.20. The molecule has 1 aromatic rings. The standard InChI is InChI=1S/C13H15BrO3/c1-2-8-3-4-11(7-12(8)14)17-13(16)9-5-10(15)6-9/h3-4,7,9-10,15H,2,5-6H2,1H3. The number of esters is 1. The molecule has 3 nitrogen and oxygen atoms in total. The van der Waals surface area contributed by atoms with Gasteiger partial charge in [-0.3, -0.25) is 4.79 Å². The fraction of sp³-hybridized carbons (Fsp3) is 0.462. The molecule has 0 saturated heterocycles. The zero-order chi connectivity index (χ0) is 12.4. The maximum atomic E-state index is 11.7. The van der Waals surface area contributed by atoms with Gasteiger partial charge in [0.1, 0.15) is 5.75 Å². The van der Waals surface area contributed by atoms with Crippen molar-refractivity contribution in [1.82, 2.24) is 0 Å². The molecule has 1 saturated carbocycles. The van der Waals surface area contributed by atoms with Crippen molar-refractivity contribution >= 4 is 21.9 Å². The van der Waals surface area contributed by atoms with Crippen molar-refractivity contribution in [2.24, 2.45) is 5.92 Å². The Morgan fingerprint density at radius 1 is 1.53 bits per heavy atom. The molecule has 0 bridgehead atoms. The summed E-state index contributed by atoms with van der Waals surface area (Å²) in [6, 6.07) is 5.56. The van der Waals surface area contributed by atoms with Crippen molar-refractivity contribution in [2.45, 2.75) is 32.3 Å². The lowest BCUT2D eigenvalue weighted by atomic mass is 9.83. The Labute approximate surface area is 109 Å². The second-order valence-electron chi connectivity index (χ2n) is 4.35. The van der Waals surface area contributed by atoms with E-state index in [0.29, 0.717) is 18.6 Å². The van der Waals surface area contributed by atoms with Crippen LogP contribution in [0.5, 0.6) is 5.75 Å². The van der Waals surface area contributed by atoms with E-state index in [9.17, 15) is 4.79 Å². The van der Waals surface area contributed by atoms with Crippen LogP contribution in [0.3, 0.4) is 0 Å². The van der Waals surface area contributed by atoms with E-state index in [1.165, 1.54) is 5.56 Å². The fourth-order valence-corrected chi connectivity index (χ4v) is 2.50. The van der Waals surface area contributed by atoms with Crippen LogP contribution in [0.25, 0.3) is 0 Å². The summed E-state index contributed by atoms with van der Waals surface area (Å²) >= 11 is 3.44. The average molecular weight is 299 g/mol. The SMILES string of the molecule is CCc1ccc(OC(=O)C2CC(O)C2)cc1Br. The van der Waals surface area contributed by atoms with Gasteiger partial charge in [0.2, 0.25) is 0 Å². The number of aryl methyl sites for hydroxylation is 1. The van der Waals surface area contributed by atoms with Crippen LogP contribution in [0, 0.1) is 5.92 Å². The summed E-state index contributed by atoms with van der Waals surface area (Å²) < 4.78 is 6.22. The third-order valence-electron chi connectivity index (χ3n) is 3.07. The second kappa shape index (κ2) is 5.19. The normalized spacial score (nSPS) is 23.0. The van der Waals surface area contributed by atoms with Gasteiger partial charge < -0.3 is 9.84 Å². The molecule has 0 aromatic heterocycles. The molecule has 0 unspecified atom stereocenters. The monoisotopic (exact) mass is 298 g/mol. The van der Waals surface area contributed by atoms with E-state index in [4.69, 9.17) is 9.84 Å². The topological polar surface area (TPSA) is 46.5 Å². The van der Waals surface area contributed by atoms with E-state index in [0.717, 1.165) is 10.9 Å². The zero-order valence-electron chi connectivity index (χ0n) is 9.65. The lowest BCUT2D eigenvalue weighted by Gasteiger charge is -2.29. The Kier molecular flexibility index (Phi) is 3.84. The first-order valence-electron chi connectivity index (χ1n) is 5.78. The van der Waals surface area contributed by atoms with Gasteiger partial charge in [0, 0.05) is 4.47 Å². The first kappa shape index (κ1) is 12.6. The summed E-state index contributed by atoms with van der Waals surface area (Å²) in [7, 11) is 0. The highest BCUT2D eigenvalue weighted by Crippen LogP contribution is 2.30. The molecular weight excluding hydrogens is 284 g/mol. The van der Waals surface area contributed by atoms with Gasteiger partial charge in [-0.05, 0) is 37.0 Å². The molecule has 0 atom stereocenters. The minimum Gasteiger partial charge on any atom is -0.426 e. The zero-order valence-corrected chi connectivity index (χ0v) is 11.2. The molecule has 1 aliphatic rings. The van der Waals surface area contributed by atoms with Gasteiger partial charge in [-0.1, -0.05) is 28.9 Å². The van der Waals surface area contributed by atoms with E-state index in [1.807, 2.05) is 12.1 Å². The molecular formula is C13H15BrO3. The highest BCUT2D eigenvalue weighted by atomic mass is 79.9. The van der Waals surface area contributed by atoms with Gasteiger partial charge in [0.15, 0.2) is 0 Å². The third-order valence-corrected chi connectivity index (χ3v) is 3.81. The van der Waals surface area contributed by atoms with E-state index in [1.54, 1.807) is 6.07 Å². The molecule has 92 valence electrons. The first-order valence-corrected chi connectivity index (χ1v) is 6.57. The summed E-state index contributed by atoms with van der Waals surface area (Å²) in [5, 5.41) is 9.13. The van der Waals surface area contributed by atoms with E-state index < -0.39 is 0 Å². The third kappa shape index (κ3) is 2.87. The van der Waals surface area contributed by atoms with Crippen molar-refractivity contribution in [3.8, 4) is 5.75 Å². The molecule has 1 aromatic carbocycles. The highest BCUT2D eigenvalue weighted by molar-refractivity contribution is 9.10. The van der Waals surface area contributed by atoms with E-state index >= 15 is 0 Å². The molecule has 2 rings (SSSR count). The number of rotatable bonds is 3. The van der Waals surface area contributed by atoms with Crippen molar-refractivity contribution < 1.29 is 14.6 Å². The Balaban J connectivity index is 1.99. The van der Waals surface area contributed by atoms with E-state index in [-0.39, 0.29) is 18.0 Å². The molecule has 17 heavy (non-hydrogen) atoms. The van der Waals surface area contributed by atoms with Crippen LogP contribution in [0.1, 0.15) is 25.3 Å². The lowest BCUT2D eigenvalue weighted by Crippen LogP contribution is -2.36. The molecule has 4 heteroatoms. The summed E-state index contributed by atoms with van der Waals surface area (Å²) in [5.41, 5.74) is 1.18. The number of benzene rings is 1. The predicted octanol–water partition coefficient (Wildman–Crippen LogP) is 2.69. The number of carbonyl (C=O) groups is 1. The van der Waals surface area contributed by atoms with Crippen LogP contribution in [-0.2, 0) is 11.2 Å². The van der Waals surface area contributed by atoms with E-state index in [2.05, 4.69) is 22.9 Å². The maximum Gasteiger partial charge on any atom is 0.314 e. The average Bonchev–Trinajstić information content (AvgIpc) is 2.25. The number of ether oxygens (including phenoxy) is 1. The number of hydrogen-bond acceptors (Lipinski definition) is 3. The van der Waals surface area contributed by atoms with Crippen molar-refractivity contribution in [3.63, 3.8) is 0 Å². The van der Waals surface area contributed by atoms with Crippen molar-refractivity contribution in [1.29, 1.82) is 0 Å². The van der Waals surface area contributed by atoms with Crippen LogP contribution in [0.4, 0.5) is 0 Å². The van der Waals surface area contributed by atoms with Gasteiger partial charge >= 0.3 is 5.97 Å². The maximum absolute atomic E-state index is 11.7. The molecule has 0 spiro atoms. The lowest BCUT2D eigenvalue weighted by molar-refractivity contribution is -0.145. The smallest absolute Gasteiger partial charge is 0.314 e. The molecule has 1 N–H and O–H groups in total. The Bertz CT molecular complexity index is 425. The molecule has 0 aliphatic heterocycles. The van der Waals surface area contributed by atoms with Crippen molar-refractivity contribution in [2.75, 3.05) is 0 Å². The Morgan fingerprint density at radius 3 is 2.76 bits per heavy atom. The minimum absolute atomic E-state index is 0.144. The summed E-state index contributed by atoms with van der Waals surface area (Å²) in [5.74, 6) is 0.168. The molecule has 1 fully saturated rings. The number of halogens is 1. The number of aliphatic hydroxyl groups is 1. The Hall–Kier alpha value is -0.870. The minimum atomic E-state index is -0.332. The quantitative estimate of drug-likeness (QED) is 0.689. The van der Waals surface area contributed by atoms with Gasteiger partial charge in [-0.2, -0.15) is 0 Å². The summed E-state index contributed by atoms with van der Waals surface area (Å²) in [6.07, 6.45) is 1.64. The molecule has 1 aliphatic carbocycles.